The SMILES string of the molecule is CS(=O)(=O)N1c2ccccc2C2=C(CCO2)C1c1c[nH]c2ccccc12. The Hall–Kier alpha value is -2.73. The molecule has 0 fully saturated rings. The molecule has 0 saturated heterocycles. The molecule has 3 heterocycles. The highest BCUT2D eigenvalue weighted by molar-refractivity contribution is 7.92. The zero-order chi connectivity index (χ0) is 17.9. The van der Waals surface area contributed by atoms with E-state index in [1.807, 2.05) is 54.7 Å². The molecular weight excluding hydrogens is 348 g/mol. The molecule has 3 aromatic rings. The molecule has 26 heavy (non-hydrogen) atoms. The van der Waals surface area contributed by atoms with Crippen molar-refractivity contribution in [2.24, 2.45) is 0 Å². The molecule has 1 aromatic heterocycles. The van der Waals surface area contributed by atoms with E-state index in [0.717, 1.165) is 39.8 Å². The van der Waals surface area contributed by atoms with Crippen LogP contribution in [0.1, 0.15) is 23.6 Å². The third kappa shape index (κ3) is 2.12. The zero-order valence-corrected chi connectivity index (χ0v) is 15.1. The topological polar surface area (TPSA) is 62.4 Å². The van der Waals surface area contributed by atoms with E-state index in [0.29, 0.717) is 12.3 Å². The predicted octanol–water partition coefficient (Wildman–Crippen LogP) is 3.82. The third-order valence-corrected chi connectivity index (χ3v) is 6.26. The molecule has 2 aromatic carbocycles. The van der Waals surface area contributed by atoms with Crippen LogP contribution < -0.4 is 4.31 Å². The lowest BCUT2D eigenvalue weighted by Crippen LogP contribution is -2.37. The maximum atomic E-state index is 12.8. The lowest BCUT2D eigenvalue weighted by atomic mass is 9.90. The predicted molar refractivity (Wildman–Crippen MR) is 102 cm³/mol. The van der Waals surface area contributed by atoms with E-state index in [-0.39, 0.29) is 0 Å². The summed E-state index contributed by atoms with van der Waals surface area (Å²) in [5, 5.41) is 1.03. The van der Waals surface area contributed by atoms with Crippen LogP contribution in [-0.4, -0.2) is 26.3 Å². The number of para-hydroxylation sites is 2. The number of nitrogens with zero attached hydrogens (tertiary/aromatic N) is 1. The number of H-pyrrole nitrogens is 1. The average molecular weight is 366 g/mol. The van der Waals surface area contributed by atoms with Crippen molar-refractivity contribution in [1.82, 2.24) is 4.98 Å². The van der Waals surface area contributed by atoms with Crippen molar-refractivity contribution in [2.45, 2.75) is 12.5 Å². The average Bonchev–Trinajstić information content (AvgIpc) is 3.27. The number of benzene rings is 2. The summed E-state index contributed by atoms with van der Waals surface area (Å²) in [6.45, 7) is 0.579. The lowest BCUT2D eigenvalue weighted by Gasteiger charge is -2.37. The second-order valence-electron chi connectivity index (χ2n) is 6.72. The van der Waals surface area contributed by atoms with Crippen LogP contribution in [-0.2, 0) is 14.8 Å². The lowest BCUT2D eigenvalue weighted by molar-refractivity contribution is 0.308. The summed E-state index contributed by atoms with van der Waals surface area (Å²) >= 11 is 0. The molecule has 2 aliphatic heterocycles. The second-order valence-corrected chi connectivity index (χ2v) is 8.58. The first-order chi connectivity index (χ1) is 12.6. The smallest absolute Gasteiger partial charge is 0.233 e. The van der Waals surface area contributed by atoms with Crippen molar-refractivity contribution in [3.05, 3.63) is 71.4 Å². The van der Waals surface area contributed by atoms with Crippen LogP contribution in [0.5, 0.6) is 0 Å². The largest absolute Gasteiger partial charge is 0.492 e. The maximum absolute atomic E-state index is 12.8. The molecule has 6 heteroatoms. The number of ether oxygens (including phenoxy) is 1. The van der Waals surface area contributed by atoms with Crippen LogP contribution in [0.2, 0.25) is 0 Å². The van der Waals surface area contributed by atoms with Crippen LogP contribution in [0.25, 0.3) is 16.7 Å². The molecule has 2 aliphatic rings. The van der Waals surface area contributed by atoms with Gasteiger partial charge in [-0.05, 0) is 18.2 Å². The minimum absolute atomic E-state index is 0.395. The van der Waals surface area contributed by atoms with Crippen LogP contribution >= 0.6 is 0 Å². The number of hydrogen-bond donors (Lipinski definition) is 1. The van der Waals surface area contributed by atoms with Gasteiger partial charge in [0.15, 0.2) is 0 Å². The van der Waals surface area contributed by atoms with Gasteiger partial charge in [0.25, 0.3) is 0 Å². The number of sulfonamides is 1. The molecule has 5 nitrogen and oxygen atoms in total. The summed E-state index contributed by atoms with van der Waals surface area (Å²) < 4.78 is 33.1. The summed E-state index contributed by atoms with van der Waals surface area (Å²) in [5.74, 6) is 0.829. The van der Waals surface area contributed by atoms with Gasteiger partial charge in [-0.15, -0.1) is 0 Å². The summed E-state index contributed by atoms with van der Waals surface area (Å²) in [4.78, 5) is 3.28. The molecule has 1 atom stereocenters. The van der Waals surface area contributed by atoms with Gasteiger partial charge in [-0.25, -0.2) is 8.42 Å². The van der Waals surface area contributed by atoms with E-state index in [2.05, 4.69) is 4.98 Å². The molecule has 0 bridgehead atoms. The molecule has 132 valence electrons. The first-order valence-corrected chi connectivity index (χ1v) is 10.4. The molecule has 0 saturated carbocycles. The highest BCUT2D eigenvalue weighted by Crippen LogP contribution is 2.50. The fraction of sp³-hybridized carbons (Fsp3) is 0.200. The second kappa shape index (κ2) is 5.38. The Kier molecular flexibility index (Phi) is 3.21. The quantitative estimate of drug-likeness (QED) is 0.750. The van der Waals surface area contributed by atoms with E-state index < -0.39 is 16.1 Å². The summed E-state index contributed by atoms with van der Waals surface area (Å²) in [6.07, 6.45) is 3.91. The number of fused-ring (bicyclic) bond motifs is 3. The van der Waals surface area contributed by atoms with E-state index in [1.165, 1.54) is 6.26 Å². The molecule has 0 spiro atoms. The van der Waals surface area contributed by atoms with Crippen molar-refractivity contribution in [3.8, 4) is 0 Å². The fourth-order valence-electron chi connectivity index (χ4n) is 4.12. The molecule has 0 amide bonds. The molecule has 1 N–H and O–H groups in total. The van der Waals surface area contributed by atoms with Gasteiger partial charge in [0.2, 0.25) is 10.0 Å². The van der Waals surface area contributed by atoms with Crippen molar-refractivity contribution < 1.29 is 13.2 Å². The van der Waals surface area contributed by atoms with Crippen molar-refractivity contribution in [1.29, 1.82) is 0 Å². The van der Waals surface area contributed by atoms with Gasteiger partial charge >= 0.3 is 0 Å². The van der Waals surface area contributed by atoms with Gasteiger partial charge in [-0.2, -0.15) is 0 Å². The van der Waals surface area contributed by atoms with Gasteiger partial charge in [0, 0.05) is 40.2 Å². The fourth-order valence-corrected chi connectivity index (χ4v) is 5.26. The monoisotopic (exact) mass is 366 g/mol. The summed E-state index contributed by atoms with van der Waals surface area (Å²) in [5.41, 5.74) is 4.50. The van der Waals surface area contributed by atoms with E-state index in [4.69, 9.17) is 4.74 Å². The minimum atomic E-state index is -3.49. The van der Waals surface area contributed by atoms with Gasteiger partial charge in [0.1, 0.15) is 5.76 Å². The number of nitrogens with one attached hydrogen (secondary N) is 1. The summed E-state index contributed by atoms with van der Waals surface area (Å²) in [6, 6.07) is 15.1. The molecule has 0 radical (unpaired) electrons. The van der Waals surface area contributed by atoms with Crippen molar-refractivity contribution in [3.63, 3.8) is 0 Å². The van der Waals surface area contributed by atoms with E-state index in [9.17, 15) is 8.42 Å². The third-order valence-electron chi connectivity index (χ3n) is 5.13. The van der Waals surface area contributed by atoms with Gasteiger partial charge < -0.3 is 9.72 Å². The van der Waals surface area contributed by atoms with Crippen LogP contribution in [0.15, 0.2) is 60.3 Å². The number of anilines is 1. The van der Waals surface area contributed by atoms with Crippen molar-refractivity contribution in [2.75, 3.05) is 17.2 Å². The van der Waals surface area contributed by atoms with Gasteiger partial charge in [0.05, 0.1) is 24.6 Å². The van der Waals surface area contributed by atoms with E-state index in [1.54, 1.807) is 4.31 Å². The van der Waals surface area contributed by atoms with Crippen LogP contribution in [0.3, 0.4) is 0 Å². The van der Waals surface area contributed by atoms with Crippen LogP contribution in [0, 0.1) is 0 Å². The van der Waals surface area contributed by atoms with Crippen LogP contribution in [0.4, 0.5) is 5.69 Å². The Labute approximate surface area is 152 Å². The standard InChI is InChI=1S/C20H18N2O3S/c1-26(23,24)22-18-9-5-3-7-14(18)20-15(10-11-25-20)19(22)16-12-21-17-8-4-2-6-13(16)17/h2-9,12,19,21H,10-11H2,1H3. The minimum Gasteiger partial charge on any atom is -0.492 e. The normalized spacial score (nSPS) is 19.4. The molecule has 5 rings (SSSR count). The molecular formula is C20H18N2O3S. The van der Waals surface area contributed by atoms with Gasteiger partial charge in [-0.1, -0.05) is 30.3 Å². The Bertz CT molecular complexity index is 1160. The highest BCUT2D eigenvalue weighted by Gasteiger charge is 2.42. The first kappa shape index (κ1) is 15.5. The summed E-state index contributed by atoms with van der Waals surface area (Å²) in [7, 11) is -3.49. The Morgan fingerprint density at radius 1 is 1.12 bits per heavy atom. The maximum Gasteiger partial charge on any atom is 0.233 e. The number of rotatable bonds is 2. The van der Waals surface area contributed by atoms with E-state index >= 15 is 0 Å². The Morgan fingerprint density at radius 2 is 1.88 bits per heavy atom. The van der Waals surface area contributed by atoms with Crippen molar-refractivity contribution >= 4 is 32.4 Å². The number of aromatic nitrogens is 1. The molecule has 0 aliphatic carbocycles. The first-order valence-electron chi connectivity index (χ1n) is 8.56. The van der Waals surface area contributed by atoms with Gasteiger partial charge in [-0.3, -0.25) is 4.31 Å². The molecule has 1 unspecified atom stereocenters. The number of aromatic amines is 1. The zero-order valence-electron chi connectivity index (χ0n) is 14.3. The Morgan fingerprint density at radius 3 is 2.73 bits per heavy atom. The highest BCUT2D eigenvalue weighted by atomic mass is 32.2. The Balaban J connectivity index is 1.84. The number of hydrogen-bond acceptors (Lipinski definition) is 3.